The fourth-order valence-corrected chi connectivity index (χ4v) is 1.38. The smallest absolute Gasteiger partial charge is 0.129 e. The lowest BCUT2D eigenvalue weighted by Crippen LogP contribution is -2.37. The molecular formula is C9H8ClN3. The van der Waals surface area contributed by atoms with E-state index in [2.05, 4.69) is 9.88 Å². The van der Waals surface area contributed by atoms with Gasteiger partial charge in [0.1, 0.15) is 11.9 Å². The summed E-state index contributed by atoms with van der Waals surface area (Å²) in [4.78, 5) is 6.27. The van der Waals surface area contributed by atoms with Crippen molar-refractivity contribution < 1.29 is 0 Å². The van der Waals surface area contributed by atoms with Gasteiger partial charge in [-0.15, -0.1) is 0 Å². The molecule has 0 bridgehead atoms. The van der Waals surface area contributed by atoms with Crippen LogP contribution in [0.4, 0.5) is 5.82 Å². The van der Waals surface area contributed by atoms with Crippen LogP contribution in [0.5, 0.6) is 0 Å². The van der Waals surface area contributed by atoms with Gasteiger partial charge in [-0.1, -0.05) is 11.6 Å². The minimum atomic E-state index is 0.423. The van der Waals surface area contributed by atoms with E-state index in [-0.39, 0.29) is 0 Å². The molecule has 0 unspecified atom stereocenters. The summed E-state index contributed by atoms with van der Waals surface area (Å²) in [6.07, 6.45) is 2.74. The molecule has 13 heavy (non-hydrogen) atoms. The monoisotopic (exact) mass is 193 g/mol. The highest BCUT2D eigenvalue weighted by atomic mass is 35.5. The maximum Gasteiger partial charge on any atom is 0.129 e. The predicted octanol–water partition coefficient (Wildman–Crippen LogP) is 1.82. The SMILES string of the molecule is N#Cc1cc(N2CCC2)ncc1Cl. The quantitative estimate of drug-likeness (QED) is 0.683. The first-order valence-electron chi connectivity index (χ1n) is 4.12. The summed E-state index contributed by atoms with van der Waals surface area (Å²) in [7, 11) is 0. The third-order valence-corrected chi connectivity index (χ3v) is 2.44. The minimum Gasteiger partial charge on any atom is -0.356 e. The second-order valence-corrected chi connectivity index (χ2v) is 3.38. The maximum atomic E-state index is 8.73. The average molecular weight is 194 g/mol. The second-order valence-electron chi connectivity index (χ2n) is 2.97. The molecule has 0 atom stereocenters. The molecule has 2 heterocycles. The highest BCUT2D eigenvalue weighted by molar-refractivity contribution is 6.31. The van der Waals surface area contributed by atoms with Gasteiger partial charge in [-0.2, -0.15) is 5.26 Å². The molecule has 1 saturated heterocycles. The lowest BCUT2D eigenvalue weighted by Gasteiger charge is -2.31. The van der Waals surface area contributed by atoms with Gasteiger partial charge in [0, 0.05) is 19.3 Å². The molecule has 0 N–H and O–H groups in total. The number of nitriles is 1. The molecule has 1 aromatic rings. The molecule has 0 aliphatic carbocycles. The number of hydrogen-bond donors (Lipinski definition) is 0. The summed E-state index contributed by atoms with van der Waals surface area (Å²) >= 11 is 5.76. The van der Waals surface area contributed by atoms with Crippen LogP contribution in [0, 0.1) is 11.3 Å². The molecule has 4 heteroatoms. The predicted molar refractivity (Wildman–Crippen MR) is 50.8 cm³/mol. The van der Waals surface area contributed by atoms with Crippen LogP contribution in [0.3, 0.4) is 0 Å². The van der Waals surface area contributed by atoms with Crippen molar-refractivity contribution in [1.82, 2.24) is 4.98 Å². The van der Waals surface area contributed by atoms with Gasteiger partial charge in [0.25, 0.3) is 0 Å². The van der Waals surface area contributed by atoms with Crippen molar-refractivity contribution in [2.75, 3.05) is 18.0 Å². The third kappa shape index (κ3) is 1.45. The number of pyridine rings is 1. The lowest BCUT2D eigenvalue weighted by atomic mass is 10.2. The number of hydrogen-bond acceptors (Lipinski definition) is 3. The molecule has 0 radical (unpaired) electrons. The molecule has 0 amide bonds. The third-order valence-electron chi connectivity index (χ3n) is 2.14. The number of rotatable bonds is 1. The van der Waals surface area contributed by atoms with Crippen molar-refractivity contribution in [2.45, 2.75) is 6.42 Å². The van der Waals surface area contributed by atoms with Gasteiger partial charge >= 0.3 is 0 Å². The van der Waals surface area contributed by atoms with Crippen LogP contribution < -0.4 is 4.90 Å². The van der Waals surface area contributed by atoms with E-state index in [9.17, 15) is 0 Å². The van der Waals surface area contributed by atoms with Crippen molar-refractivity contribution in [1.29, 1.82) is 5.26 Å². The zero-order valence-corrected chi connectivity index (χ0v) is 7.75. The first-order chi connectivity index (χ1) is 6.31. The Balaban J connectivity index is 2.33. The molecule has 66 valence electrons. The van der Waals surface area contributed by atoms with E-state index in [0.717, 1.165) is 18.9 Å². The van der Waals surface area contributed by atoms with Gasteiger partial charge in [-0.25, -0.2) is 4.98 Å². The van der Waals surface area contributed by atoms with Crippen LogP contribution in [0.2, 0.25) is 5.02 Å². The van der Waals surface area contributed by atoms with Gasteiger partial charge in [0.15, 0.2) is 0 Å². The zero-order chi connectivity index (χ0) is 9.26. The van der Waals surface area contributed by atoms with Gasteiger partial charge in [0.05, 0.1) is 10.6 Å². The van der Waals surface area contributed by atoms with E-state index in [4.69, 9.17) is 16.9 Å². The summed E-state index contributed by atoms with van der Waals surface area (Å²) in [5.74, 6) is 0.854. The van der Waals surface area contributed by atoms with Crippen molar-refractivity contribution in [3.63, 3.8) is 0 Å². The number of aromatic nitrogens is 1. The molecule has 2 rings (SSSR count). The molecule has 1 fully saturated rings. The number of anilines is 1. The summed E-state index contributed by atoms with van der Waals surface area (Å²) < 4.78 is 0. The summed E-state index contributed by atoms with van der Waals surface area (Å²) in [6, 6.07) is 3.78. The largest absolute Gasteiger partial charge is 0.356 e. The van der Waals surface area contributed by atoms with Crippen LogP contribution >= 0.6 is 11.6 Å². The molecular weight excluding hydrogens is 186 g/mol. The zero-order valence-electron chi connectivity index (χ0n) is 7.00. The van der Waals surface area contributed by atoms with E-state index in [1.807, 2.05) is 6.07 Å². The van der Waals surface area contributed by atoms with Crippen molar-refractivity contribution >= 4 is 17.4 Å². The van der Waals surface area contributed by atoms with Gasteiger partial charge in [-0.05, 0) is 12.5 Å². The fraction of sp³-hybridized carbons (Fsp3) is 0.333. The van der Waals surface area contributed by atoms with E-state index in [1.165, 1.54) is 12.6 Å². The lowest BCUT2D eigenvalue weighted by molar-refractivity contribution is 0.609. The Kier molecular flexibility index (Phi) is 2.07. The highest BCUT2D eigenvalue weighted by Crippen LogP contribution is 2.22. The Hall–Kier alpha value is -1.27. The van der Waals surface area contributed by atoms with Crippen molar-refractivity contribution in [3.8, 4) is 6.07 Å². The van der Waals surface area contributed by atoms with E-state index in [1.54, 1.807) is 6.07 Å². The van der Waals surface area contributed by atoms with Gasteiger partial charge in [0.2, 0.25) is 0 Å². The molecule has 1 aliphatic rings. The Morgan fingerprint density at radius 2 is 2.31 bits per heavy atom. The first-order valence-corrected chi connectivity index (χ1v) is 4.49. The van der Waals surface area contributed by atoms with Crippen LogP contribution in [-0.2, 0) is 0 Å². The molecule has 0 spiro atoms. The normalized spacial score (nSPS) is 14.9. The van der Waals surface area contributed by atoms with Gasteiger partial charge in [-0.3, -0.25) is 0 Å². The minimum absolute atomic E-state index is 0.423. The van der Waals surface area contributed by atoms with E-state index in [0.29, 0.717) is 10.6 Å². The van der Waals surface area contributed by atoms with Crippen LogP contribution in [0.1, 0.15) is 12.0 Å². The van der Waals surface area contributed by atoms with Crippen LogP contribution in [0.25, 0.3) is 0 Å². The molecule has 0 aromatic carbocycles. The molecule has 3 nitrogen and oxygen atoms in total. The molecule has 1 aromatic heterocycles. The topological polar surface area (TPSA) is 39.9 Å². The maximum absolute atomic E-state index is 8.73. The summed E-state index contributed by atoms with van der Waals surface area (Å²) in [5, 5.41) is 9.16. The Labute approximate surface area is 81.6 Å². The Morgan fingerprint density at radius 3 is 2.85 bits per heavy atom. The van der Waals surface area contributed by atoms with Crippen molar-refractivity contribution in [3.05, 3.63) is 22.8 Å². The molecule has 0 saturated carbocycles. The standard InChI is InChI=1S/C9H8ClN3/c10-8-6-12-9(4-7(8)5-11)13-2-1-3-13/h4,6H,1-3H2. The van der Waals surface area contributed by atoms with Crippen LogP contribution in [0.15, 0.2) is 12.3 Å². The Morgan fingerprint density at radius 1 is 1.54 bits per heavy atom. The average Bonchev–Trinajstić information content (AvgIpc) is 2.05. The number of halogens is 1. The molecule has 1 aliphatic heterocycles. The summed E-state index contributed by atoms with van der Waals surface area (Å²) in [5.41, 5.74) is 0.499. The first kappa shape index (κ1) is 8.33. The van der Waals surface area contributed by atoms with E-state index < -0.39 is 0 Å². The van der Waals surface area contributed by atoms with Crippen LogP contribution in [-0.4, -0.2) is 18.1 Å². The summed E-state index contributed by atoms with van der Waals surface area (Å²) in [6.45, 7) is 2.05. The Bertz CT molecular complexity index is 366. The van der Waals surface area contributed by atoms with Crippen molar-refractivity contribution in [2.24, 2.45) is 0 Å². The van der Waals surface area contributed by atoms with E-state index >= 15 is 0 Å². The second kappa shape index (κ2) is 3.23. The number of nitrogens with zero attached hydrogens (tertiary/aromatic N) is 3. The fourth-order valence-electron chi connectivity index (χ4n) is 1.23. The highest BCUT2D eigenvalue weighted by Gasteiger charge is 2.16. The van der Waals surface area contributed by atoms with Gasteiger partial charge < -0.3 is 4.90 Å².